The van der Waals surface area contributed by atoms with E-state index < -0.39 is 5.97 Å². The summed E-state index contributed by atoms with van der Waals surface area (Å²) in [6, 6.07) is 13.4. The summed E-state index contributed by atoms with van der Waals surface area (Å²) >= 11 is 0. The summed E-state index contributed by atoms with van der Waals surface area (Å²) in [7, 11) is 0. The molecule has 1 amide bonds. The van der Waals surface area contributed by atoms with Gasteiger partial charge in [0.1, 0.15) is 5.75 Å². The van der Waals surface area contributed by atoms with Crippen LogP contribution >= 0.6 is 0 Å². The van der Waals surface area contributed by atoms with E-state index in [2.05, 4.69) is 10.6 Å². The number of esters is 1. The highest BCUT2D eigenvalue weighted by molar-refractivity contribution is 5.93. The second kappa shape index (κ2) is 9.91. The average Bonchev–Trinajstić information content (AvgIpc) is 2.67. The lowest BCUT2D eigenvalue weighted by molar-refractivity contribution is -0.117. The maximum Gasteiger partial charge on any atom is 0.343 e. The SMILES string of the molecule is CCC(C)NC(=O)/C=C/c1ccc(OC(=O)c2ccc(NC(=N)N)cc2)cc1. The zero-order valence-corrected chi connectivity index (χ0v) is 15.9. The van der Waals surface area contributed by atoms with Crippen LogP contribution in [-0.2, 0) is 4.79 Å². The second-order valence-electron chi connectivity index (χ2n) is 6.23. The predicted molar refractivity (Wildman–Crippen MR) is 110 cm³/mol. The molecule has 7 heteroatoms. The van der Waals surface area contributed by atoms with Gasteiger partial charge in [0, 0.05) is 17.8 Å². The quantitative estimate of drug-likeness (QED) is 0.194. The smallest absolute Gasteiger partial charge is 0.343 e. The van der Waals surface area contributed by atoms with E-state index in [0.717, 1.165) is 12.0 Å². The molecule has 0 aromatic heterocycles. The maximum absolute atomic E-state index is 12.2. The number of carbonyl (C=O) groups excluding carboxylic acids is 2. The highest BCUT2D eigenvalue weighted by atomic mass is 16.5. The van der Waals surface area contributed by atoms with E-state index in [1.54, 1.807) is 54.6 Å². The number of nitrogens with two attached hydrogens (primary N) is 1. The van der Waals surface area contributed by atoms with E-state index in [0.29, 0.717) is 17.0 Å². The van der Waals surface area contributed by atoms with Crippen LogP contribution in [0.2, 0.25) is 0 Å². The third kappa shape index (κ3) is 6.60. The zero-order valence-electron chi connectivity index (χ0n) is 15.9. The number of hydrogen-bond acceptors (Lipinski definition) is 4. The molecule has 0 radical (unpaired) electrons. The van der Waals surface area contributed by atoms with Crippen LogP contribution in [-0.4, -0.2) is 23.9 Å². The minimum absolute atomic E-state index is 0.131. The number of anilines is 1. The largest absolute Gasteiger partial charge is 0.423 e. The molecular formula is C21H24N4O3. The molecule has 0 aliphatic carbocycles. The van der Waals surface area contributed by atoms with Gasteiger partial charge in [0.15, 0.2) is 5.96 Å². The third-order valence-electron chi connectivity index (χ3n) is 3.92. The topological polar surface area (TPSA) is 117 Å². The number of ether oxygens (including phenoxy) is 1. The van der Waals surface area contributed by atoms with Gasteiger partial charge in [-0.1, -0.05) is 19.1 Å². The Morgan fingerprint density at radius 1 is 1.14 bits per heavy atom. The Bertz CT molecular complexity index is 858. The normalized spacial score (nSPS) is 11.6. The standard InChI is InChI=1S/C21H24N4O3/c1-3-14(2)24-19(26)13-6-15-4-11-18(12-5-15)28-20(27)16-7-9-17(10-8-16)25-21(22)23/h4-14H,3H2,1-2H3,(H,24,26)(H4,22,23,25)/b13-6+. The summed E-state index contributed by atoms with van der Waals surface area (Å²) in [5.74, 6) is -0.419. The lowest BCUT2D eigenvalue weighted by atomic mass is 10.2. The van der Waals surface area contributed by atoms with Gasteiger partial charge in [-0.25, -0.2) is 4.79 Å². The Hall–Kier alpha value is -3.61. The number of hydrogen-bond donors (Lipinski definition) is 4. The molecule has 1 atom stereocenters. The van der Waals surface area contributed by atoms with E-state index in [4.69, 9.17) is 15.9 Å². The molecule has 0 saturated carbocycles. The zero-order chi connectivity index (χ0) is 20.5. The summed E-state index contributed by atoms with van der Waals surface area (Å²) in [6.07, 6.45) is 4.05. The Labute approximate surface area is 164 Å². The summed E-state index contributed by atoms with van der Waals surface area (Å²) in [4.78, 5) is 23.9. The number of benzene rings is 2. The Morgan fingerprint density at radius 2 is 1.79 bits per heavy atom. The van der Waals surface area contributed by atoms with Crippen molar-refractivity contribution < 1.29 is 14.3 Å². The van der Waals surface area contributed by atoms with Gasteiger partial charge in [-0.2, -0.15) is 0 Å². The van der Waals surface area contributed by atoms with Crippen LogP contribution in [0, 0.1) is 5.41 Å². The molecule has 0 fully saturated rings. The molecule has 2 rings (SSSR count). The molecule has 1 unspecified atom stereocenters. The van der Waals surface area contributed by atoms with Crippen LogP contribution in [0.15, 0.2) is 54.6 Å². The van der Waals surface area contributed by atoms with Crippen molar-refractivity contribution in [1.29, 1.82) is 5.41 Å². The molecule has 0 saturated heterocycles. The van der Waals surface area contributed by atoms with Crippen molar-refractivity contribution in [3.63, 3.8) is 0 Å². The summed E-state index contributed by atoms with van der Waals surface area (Å²) in [5.41, 5.74) is 7.06. The van der Waals surface area contributed by atoms with Crippen LogP contribution < -0.4 is 21.1 Å². The molecular weight excluding hydrogens is 356 g/mol. The van der Waals surface area contributed by atoms with E-state index >= 15 is 0 Å². The average molecular weight is 380 g/mol. The number of carbonyl (C=O) groups is 2. The van der Waals surface area contributed by atoms with Crippen molar-refractivity contribution in [2.75, 3.05) is 5.32 Å². The van der Waals surface area contributed by atoms with Crippen molar-refractivity contribution >= 4 is 29.6 Å². The highest BCUT2D eigenvalue weighted by Crippen LogP contribution is 2.16. The molecule has 2 aromatic carbocycles. The van der Waals surface area contributed by atoms with Gasteiger partial charge in [0.2, 0.25) is 5.91 Å². The Balaban J connectivity index is 1.93. The molecule has 28 heavy (non-hydrogen) atoms. The molecule has 0 aliphatic rings. The molecule has 0 heterocycles. The van der Waals surface area contributed by atoms with Gasteiger partial charge < -0.3 is 21.1 Å². The second-order valence-corrected chi connectivity index (χ2v) is 6.23. The van der Waals surface area contributed by atoms with Crippen LogP contribution in [0.3, 0.4) is 0 Å². The van der Waals surface area contributed by atoms with Crippen LogP contribution in [0.4, 0.5) is 5.69 Å². The number of guanidine groups is 1. The van der Waals surface area contributed by atoms with E-state index in [1.165, 1.54) is 6.08 Å². The minimum atomic E-state index is -0.495. The lowest BCUT2D eigenvalue weighted by Gasteiger charge is -2.08. The number of amides is 1. The van der Waals surface area contributed by atoms with E-state index in [9.17, 15) is 9.59 Å². The summed E-state index contributed by atoms with van der Waals surface area (Å²) in [6.45, 7) is 3.95. The molecule has 5 N–H and O–H groups in total. The summed E-state index contributed by atoms with van der Waals surface area (Å²) in [5, 5.41) is 12.7. The molecule has 0 bridgehead atoms. The fourth-order valence-electron chi connectivity index (χ4n) is 2.22. The predicted octanol–water partition coefficient (Wildman–Crippen LogP) is 3.14. The summed E-state index contributed by atoms with van der Waals surface area (Å²) < 4.78 is 5.34. The van der Waals surface area contributed by atoms with Crippen molar-refractivity contribution in [3.8, 4) is 5.75 Å². The Kier molecular flexibility index (Phi) is 7.33. The molecule has 7 nitrogen and oxygen atoms in total. The van der Waals surface area contributed by atoms with E-state index in [1.807, 2.05) is 13.8 Å². The lowest BCUT2D eigenvalue weighted by Crippen LogP contribution is -2.30. The molecule has 2 aromatic rings. The molecule has 146 valence electrons. The van der Waals surface area contributed by atoms with Gasteiger partial charge in [0.05, 0.1) is 5.56 Å². The first-order chi connectivity index (χ1) is 13.4. The van der Waals surface area contributed by atoms with Crippen molar-refractivity contribution in [2.24, 2.45) is 5.73 Å². The minimum Gasteiger partial charge on any atom is -0.423 e. The Morgan fingerprint density at radius 3 is 2.36 bits per heavy atom. The first-order valence-electron chi connectivity index (χ1n) is 8.89. The van der Waals surface area contributed by atoms with Crippen molar-refractivity contribution in [2.45, 2.75) is 26.3 Å². The highest BCUT2D eigenvalue weighted by Gasteiger charge is 2.09. The maximum atomic E-state index is 12.2. The van der Waals surface area contributed by atoms with Crippen LogP contribution in [0.5, 0.6) is 5.75 Å². The van der Waals surface area contributed by atoms with Gasteiger partial charge in [-0.05, 0) is 61.4 Å². The van der Waals surface area contributed by atoms with Crippen molar-refractivity contribution in [3.05, 3.63) is 65.7 Å². The first-order valence-corrected chi connectivity index (χ1v) is 8.89. The fourth-order valence-corrected chi connectivity index (χ4v) is 2.22. The first kappa shape index (κ1) is 20.7. The van der Waals surface area contributed by atoms with Gasteiger partial charge in [-0.15, -0.1) is 0 Å². The monoisotopic (exact) mass is 380 g/mol. The van der Waals surface area contributed by atoms with Crippen molar-refractivity contribution in [1.82, 2.24) is 5.32 Å². The molecule has 0 spiro atoms. The number of rotatable bonds is 7. The van der Waals surface area contributed by atoms with Crippen LogP contribution in [0.25, 0.3) is 6.08 Å². The third-order valence-corrected chi connectivity index (χ3v) is 3.92. The number of nitrogens with one attached hydrogen (secondary N) is 3. The van der Waals surface area contributed by atoms with Crippen LogP contribution in [0.1, 0.15) is 36.2 Å². The van der Waals surface area contributed by atoms with E-state index in [-0.39, 0.29) is 17.9 Å². The van der Waals surface area contributed by atoms with Gasteiger partial charge >= 0.3 is 5.97 Å². The van der Waals surface area contributed by atoms with Gasteiger partial charge in [-0.3, -0.25) is 10.2 Å². The fraction of sp³-hybridized carbons (Fsp3) is 0.190. The van der Waals surface area contributed by atoms with Gasteiger partial charge in [0.25, 0.3) is 0 Å². The molecule has 0 aliphatic heterocycles.